The monoisotopic (exact) mass is 144 g/mol. The molecule has 2 unspecified atom stereocenters. The quantitative estimate of drug-likeness (QED) is 0.423. The average molecular weight is 144 g/mol. The summed E-state index contributed by atoms with van der Waals surface area (Å²) < 4.78 is 9.99. The Kier molecular flexibility index (Phi) is 1.68. The Morgan fingerprint density at radius 1 is 1.80 bits per heavy atom. The number of carbonyl (C=O) groups excluding carboxylic acids is 1. The molecule has 0 aliphatic carbocycles. The highest BCUT2D eigenvalue weighted by Gasteiger charge is 2.46. The van der Waals surface area contributed by atoms with Crippen LogP contribution >= 0.6 is 0 Å². The molecular weight excluding hydrogens is 132 g/mol. The van der Waals surface area contributed by atoms with Gasteiger partial charge in [-0.2, -0.15) is 0 Å². The van der Waals surface area contributed by atoms with E-state index in [9.17, 15) is 4.79 Å². The third-order valence-corrected chi connectivity index (χ3v) is 1.80. The second-order valence-corrected chi connectivity index (χ2v) is 2.85. The Balaban J connectivity index is 2.34. The lowest BCUT2D eigenvalue weighted by molar-refractivity contribution is -0.148. The fraction of sp³-hybridized carbons (Fsp3) is 0.857. The van der Waals surface area contributed by atoms with Crippen LogP contribution in [-0.2, 0) is 14.3 Å². The van der Waals surface area contributed by atoms with Gasteiger partial charge in [-0.05, 0) is 13.8 Å². The lowest BCUT2D eigenvalue weighted by Crippen LogP contribution is -2.28. The van der Waals surface area contributed by atoms with Crippen LogP contribution in [0.3, 0.4) is 0 Å². The molecule has 58 valence electrons. The number of epoxide rings is 1. The first-order valence-corrected chi connectivity index (χ1v) is 3.36. The molecule has 0 saturated carbocycles. The minimum Gasteiger partial charge on any atom is -0.460 e. The summed E-state index contributed by atoms with van der Waals surface area (Å²) in [5, 5.41) is 0. The van der Waals surface area contributed by atoms with Crippen molar-refractivity contribution in [3.8, 4) is 0 Å². The lowest BCUT2D eigenvalue weighted by Gasteiger charge is -2.14. The third-order valence-electron chi connectivity index (χ3n) is 1.80. The molecular formula is C7H12O3. The molecule has 10 heavy (non-hydrogen) atoms. The van der Waals surface area contributed by atoms with Crippen LogP contribution in [0.25, 0.3) is 0 Å². The summed E-state index contributed by atoms with van der Waals surface area (Å²) >= 11 is 0. The highest BCUT2D eigenvalue weighted by molar-refractivity contribution is 5.66. The maximum Gasteiger partial charge on any atom is 0.302 e. The third kappa shape index (κ3) is 1.48. The molecule has 1 fully saturated rings. The van der Waals surface area contributed by atoms with E-state index in [2.05, 4.69) is 0 Å². The maximum absolute atomic E-state index is 10.5. The highest BCUT2D eigenvalue weighted by Crippen LogP contribution is 2.31. The van der Waals surface area contributed by atoms with Crippen LogP contribution in [0.1, 0.15) is 20.8 Å². The van der Waals surface area contributed by atoms with E-state index in [1.807, 2.05) is 13.8 Å². The van der Waals surface area contributed by atoms with E-state index in [0.29, 0.717) is 6.61 Å². The molecule has 0 spiro atoms. The molecule has 1 rings (SSSR count). The molecule has 1 heterocycles. The predicted octanol–water partition coefficient (Wildman–Crippen LogP) is 0.727. The Morgan fingerprint density at radius 2 is 2.30 bits per heavy atom. The van der Waals surface area contributed by atoms with Crippen LogP contribution in [-0.4, -0.2) is 24.3 Å². The Bertz CT molecular complexity index is 149. The second kappa shape index (κ2) is 2.23. The first-order valence-electron chi connectivity index (χ1n) is 3.36. The maximum atomic E-state index is 10.5. The lowest BCUT2D eigenvalue weighted by atomic mass is 10.1. The van der Waals surface area contributed by atoms with Crippen LogP contribution in [0.2, 0.25) is 0 Å². The zero-order chi connectivity index (χ0) is 7.78. The fourth-order valence-electron chi connectivity index (χ4n) is 0.722. The molecule has 0 aromatic rings. The summed E-state index contributed by atoms with van der Waals surface area (Å²) in [5.41, 5.74) is -0.203. The number of hydrogen-bond acceptors (Lipinski definition) is 3. The largest absolute Gasteiger partial charge is 0.460 e. The summed E-state index contributed by atoms with van der Waals surface area (Å²) in [6.07, 6.45) is -0.120. The first-order chi connectivity index (χ1) is 4.54. The molecule has 3 nitrogen and oxygen atoms in total. The Labute approximate surface area is 60.3 Å². The van der Waals surface area contributed by atoms with E-state index in [4.69, 9.17) is 9.47 Å². The van der Waals surface area contributed by atoms with Gasteiger partial charge in [0.25, 0.3) is 0 Å². The van der Waals surface area contributed by atoms with Gasteiger partial charge in [0.05, 0.1) is 6.61 Å². The van der Waals surface area contributed by atoms with Gasteiger partial charge in [0.2, 0.25) is 0 Å². The van der Waals surface area contributed by atoms with Gasteiger partial charge in [-0.3, -0.25) is 4.79 Å². The summed E-state index contributed by atoms with van der Waals surface area (Å²) in [5.74, 6) is -0.246. The average Bonchev–Trinajstić information content (AvgIpc) is 2.47. The first kappa shape index (κ1) is 7.54. The molecule has 0 amide bonds. The van der Waals surface area contributed by atoms with Gasteiger partial charge in [0, 0.05) is 6.92 Å². The van der Waals surface area contributed by atoms with Crippen molar-refractivity contribution < 1.29 is 14.3 Å². The second-order valence-electron chi connectivity index (χ2n) is 2.85. The minimum atomic E-state index is -0.246. The van der Waals surface area contributed by atoms with Crippen molar-refractivity contribution in [2.24, 2.45) is 0 Å². The van der Waals surface area contributed by atoms with Gasteiger partial charge < -0.3 is 9.47 Å². The molecule has 3 heteroatoms. The van der Waals surface area contributed by atoms with Gasteiger partial charge in [-0.1, -0.05) is 0 Å². The molecule has 1 aliphatic heterocycles. The van der Waals surface area contributed by atoms with Gasteiger partial charge >= 0.3 is 5.97 Å². The number of rotatable bonds is 2. The summed E-state index contributed by atoms with van der Waals surface area (Å²) in [6, 6.07) is 0. The Morgan fingerprint density at radius 3 is 2.60 bits per heavy atom. The van der Waals surface area contributed by atoms with Crippen molar-refractivity contribution in [2.75, 3.05) is 6.61 Å². The number of hydrogen-bond donors (Lipinski definition) is 0. The van der Waals surface area contributed by atoms with E-state index in [-0.39, 0.29) is 17.7 Å². The normalized spacial score (nSPS) is 33.1. The van der Waals surface area contributed by atoms with Gasteiger partial charge in [0.1, 0.15) is 11.7 Å². The van der Waals surface area contributed by atoms with Gasteiger partial charge in [-0.15, -0.1) is 0 Å². The summed E-state index contributed by atoms with van der Waals surface area (Å²) in [6.45, 7) is 5.87. The molecule has 0 aromatic heterocycles. The molecule has 1 aliphatic rings. The number of carbonyl (C=O) groups is 1. The minimum absolute atomic E-state index is 0.120. The van der Waals surface area contributed by atoms with Crippen molar-refractivity contribution in [2.45, 2.75) is 32.5 Å². The predicted molar refractivity (Wildman–Crippen MR) is 35.6 cm³/mol. The summed E-state index contributed by atoms with van der Waals surface area (Å²) in [4.78, 5) is 10.5. The fourth-order valence-corrected chi connectivity index (χ4v) is 0.722. The topological polar surface area (TPSA) is 38.8 Å². The van der Waals surface area contributed by atoms with Crippen LogP contribution in [0.5, 0.6) is 0 Å². The molecule has 0 aromatic carbocycles. The van der Waals surface area contributed by atoms with Crippen LogP contribution in [0.4, 0.5) is 0 Å². The van der Waals surface area contributed by atoms with Crippen molar-refractivity contribution >= 4 is 5.97 Å². The van der Waals surface area contributed by atoms with Gasteiger partial charge in [-0.25, -0.2) is 0 Å². The molecule has 1 saturated heterocycles. The van der Waals surface area contributed by atoms with E-state index in [1.165, 1.54) is 6.92 Å². The van der Waals surface area contributed by atoms with Crippen LogP contribution < -0.4 is 0 Å². The smallest absolute Gasteiger partial charge is 0.302 e. The molecule has 0 bridgehead atoms. The number of esters is 1. The Hall–Kier alpha value is -0.570. The molecule has 0 N–H and O–H groups in total. The van der Waals surface area contributed by atoms with Crippen molar-refractivity contribution in [3.63, 3.8) is 0 Å². The van der Waals surface area contributed by atoms with E-state index in [1.54, 1.807) is 0 Å². The van der Waals surface area contributed by atoms with E-state index in [0.717, 1.165) is 0 Å². The SMILES string of the molecule is CC(=O)OC(C)C1(C)CO1. The van der Waals surface area contributed by atoms with Crippen LogP contribution in [0, 0.1) is 0 Å². The zero-order valence-corrected chi connectivity index (χ0v) is 6.51. The van der Waals surface area contributed by atoms with Crippen LogP contribution in [0.15, 0.2) is 0 Å². The van der Waals surface area contributed by atoms with E-state index < -0.39 is 0 Å². The molecule has 0 radical (unpaired) electrons. The molecule has 2 atom stereocenters. The van der Waals surface area contributed by atoms with Crippen molar-refractivity contribution in [3.05, 3.63) is 0 Å². The zero-order valence-electron chi connectivity index (χ0n) is 6.51. The summed E-state index contributed by atoms with van der Waals surface area (Å²) in [7, 11) is 0. The van der Waals surface area contributed by atoms with Gasteiger partial charge in [0.15, 0.2) is 0 Å². The standard InChI is InChI=1S/C7H12O3/c1-5(10-6(2)8)7(3)4-9-7/h5H,4H2,1-3H3. The van der Waals surface area contributed by atoms with Crippen molar-refractivity contribution in [1.29, 1.82) is 0 Å². The van der Waals surface area contributed by atoms with E-state index >= 15 is 0 Å². The highest BCUT2D eigenvalue weighted by atomic mass is 16.6. The number of ether oxygens (including phenoxy) is 2. The van der Waals surface area contributed by atoms with Crippen molar-refractivity contribution in [1.82, 2.24) is 0 Å².